The highest BCUT2D eigenvalue weighted by atomic mass is 16.5. The molecule has 2 aromatic rings. The van der Waals surface area contributed by atoms with E-state index in [9.17, 15) is 5.11 Å². The number of aryl methyl sites for hydroxylation is 3. The van der Waals surface area contributed by atoms with Gasteiger partial charge in [0.25, 0.3) is 0 Å². The quantitative estimate of drug-likeness (QED) is 0.838. The normalized spacial score (nSPS) is 10.3. The van der Waals surface area contributed by atoms with E-state index in [0.29, 0.717) is 5.75 Å². The minimum absolute atomic E-state index is 0.163. The van der Waals surface area contributed by atoms with E-state index in [1.807, 2.05) is 45.0 Å². The van der Waals surface area contributed by atoms with Crippen LogP contribution < -0.4 is 4.74 Å². The second-order valence-electron chi connectivity index (χ2n) is 4.34. The molecule has 0 saturated carbocycles. The van der Waals surface area contributed by atoms with Crippen LogP contribution in [0.4, 0.5) is 0 Å². The fourth-order valence-corrected chi connectivity index (χ4v) is 1.74. The third-order valence-electron chi connectivity index (χ3n) is 2.67. The summed E-state index contributed by atoms with van der Waals surface area (Å²) in [5, 5.41) is 9.72. The third kappa shape index (κ3) is 2.59. The van der Waals surface area contributed by atoms with Gasteiger partial charge in [0.15, 0.2) is 11.5 Å². The van der Waals surface area contributed by atoms with Crippen molar-refractivity contribution in [1.29, 1.82) is 0 Å². The Bertz CT molecular complexity index is 545. The van der Waals surface area contributed by atoms with Gasteiger partial charge in [-0.15, -0.1) is 0 Å². The lowest BCUT2D eigenvalue weighted by Crippen LogP contribution is -1.89. The lowest BCUT2D eigenvalue weighted by Gasteiger charge is -2.11. The smallest absolute Gasteiger partial charge is 0.169 e. The monoisotopic (exact) mass is 228 g/mol. The van der Waals surface area contributed by atoms with Crippen molar-refractivity contribution in [2.24, 2.45) is 0 Å². The molecule has 2 heteroatoms. The number of hydrogen-bond acceptors (Lipinski definition) is 2. The fraction of sp³-hybridized carbons (Fsp3) is 0.200. The molecular formula is C15H16O2. The molecule has 2 aromatic carbocycles. The second kappa shape index (κ2) is 4.50. The first kappa shape index (κ1) is 11.5. The minimum Gasteiger partial charge on any atom is -0.504 e. The van der Waals surface area contributed by atoms with Crippen LogP contribution >= 0.6 is 0 Å². The van der Waals surface area contributed by atoms with Crippen molar-refractivity contribution in [3.05, 3.63) is 53.1 Å². The average molecular weight is 228 g/mol. The number of hydrogen-bond donors (Lipinski definition) is 1. The summed E-state index contributed by atoms with van der Waals surface area (Å²) in [5.41, 5.74) is 3.32. The van der Waals surface area contributed by atoms with E-state index in [1.54, 1.807) is 6.07 Å². The standard InChI is InChI=1S/C15H16O2/c1-10-5-7-14(12(3)8-10)17-15-9-11(2)4-6-13(15)16/h4-9,16H,1-3H3. The van der Waals surface area contributed by atoms with Crippen LogP contribution in [0.3, 0.4) is 0 Å². The van der Waals surface area contributed by atoms with Gasteiger partial charge in [-0.1, -0.05) is 23.8 Å². The Morgan fingerprint density at radius 2 is 1.47 bits per heavy atom. The van der Waals surface area contributed by atoms with Gasteiger partial charge in [-0.3, -0.25) is 0 Å². The Morgan fingerprint density at radius 3 is 2.18 bits per heavy atom. The summed E-state index contributed by atoms with van der Waals surface area (Å²) in [6.45, 7) is 6.00. The maximum Gasteiger partial charge on any atom is 0.169 e. The topological polar surface area (TPSA) is 29.5 Å². The van der Waals surface area contributed by atoms with Crippen LogP contribution in [-0.2, 0) is 0 Å². The highest BCUT2D eigenvalue weighted by Crippen LogP contribution is 2.32. The van der Waals surface area contributed by atoms with E-state index >= 15 is 0 Å². The number of benzene rings is 2. The van der Waals surface area contributed by atoms with Crippen molar-refractivity contribution in [1.82, 2.24) is 0 Å². The van der Waals surface area contributed by atoms with Crippen LogP contribution in [-0.4, -0.2) is 5.11 Å². The first-order chi connectivity index (χ1) is 8.06. The molecule has 0 aromatic heterocycles. The number of phenolic OH excluding ortho intramolecular Hbond substituents is 1. The van der Waals surface area contributed by atoms with Crippen LogP contribution in [0.2, 0.25) is 0 Å². The molecule has 0 unspecified atom stereocenters. The molecule has 1 N–H and O–H groups in total. The van der Waals surface area contributed by atoms with Crippen LogP contribution in [0.5, 0.6) is 17.2 Å². The number of ether oxygens (including phenoxy) is 1. The molecule has 88 valence electrons. The zero-order valence-electron chi connectivity index (χ0n) is 10.3. The Hall–Kier alpha value is -1.96. The summed E-state index contributed by atoms with van der Waals surface area (Å²) >= 11 is 0. The van der Waals surface area contributed by atoms with E-state index in [0.717, 1.165) is 16.9 Å². The zero-order chi connectivity index (χ0) is 12.4. The van der Waals surface area contributed by atoms with E-state index in [2.05, 4.69) is 6.07 Å². The summed E-state index contributed by atoms with van der Waals surface area (Å²) in [7, 11) is 0. The summed E-state index contributed by atoms with van der Waals surface area (Å²) in [6.07, 6.45) is 0. The van der Waals surface area contributed by atoms with Crippen LogP contribution in [0.15, 0.2) is 36.4 Å². The van der Waals surface area contributed by atoms with Crippen LogP contribution in [0, 0.1) is 20.8 Å². The Balaban J connectivity index is 2.34. The maximum atomic E-state index is 9.72. The highest BCUT2D eigenvalue weighted by molar-refractivity contribution is 5.46. The Kier molecular flexibility index (Phi) is 3.05. The van der Waals surface area contributed by atoms with Crippen molar-refractivity contribution in [2.75, 3.05) is 0 Å². The lowest BCUT2D eigenvalue weighted by molar-refractivity contribution is 0.409. The maximum absolute atomic E-state index is 9.72. The molecule has 0 fully saturated rings. The number of aromatic hydroxyl groups is 1. The highest BCUT2D eigenvalue weighted by Gasteiger charge is 2.06. The van der Waals surface area contributed by atoms with Crippen molar-refractivity contribution >= 4 is 0 Å². The third-order valence-corrected chi connectivity index (χ3v) is 2.67. The molecule has 0 amide bonds. The van der Waals surface area contributed by atoms with Gasteiger partial charge in [-0.25, -0.2) is 0 Å². The molecule has 0 saturated heterocycles. The first-order valence-corrected chi connectivity index (χ1v) is 5.61. The number of rotatable bonds is 2. The van der Waals surface area contributed by atoms with Gasteiger partial charge in [0.1, 0.15) is 5.75 Å². The fourth-order valence-electron chi connectivity index (χ4n) is 1.74. The Morgan fingerprint density at radius 1 is 0.824 bits per heavy atom. The summed E-state index contributed by atoms with van der Waals surface area (Å²) < 4.78 is 5.73. The summed E-state index contributed by atoms with van der Waals surface area (Å²) in [6, 6.07) is 11.3. The largest absolute Gasteiger partial charge is 0.504 e. The predicted molar refractivity (Wildman–Crippen MR) is 68.8 cm³/mol. The van der Waals surface area contributed by atoms with Gasteiger partial charge in [0, 0.05) is 0 Å². The van der Waals surface area contributed by atoms with Crippen molar-refractivity contribution in [3.63, 3.8) is 0 Å². The van der Waals surface area contributed by atoms with E-state index in [1.165, 1.54) is 5.56 Å². The van der Waals surface area contributed by atoms with Crippen molar-refractivity contribution in [3.8, 4) is 17.2 Å². The van der Waals surface area contributed by atoms with Crippen molar-refractivity contribution in [2.45, 2.75) is 20.8 Å². The van der Waals surface area contributed by atoms with Gasteiger partial charge in [-0.2, -0.15) is 0 Å². The zero-order valence-corrected chi connectivity index (χ0v) is 10.3. The van der Waals surface area contributed by atoms with Crippen LogP contribution in [0.1, 0.15) is 16.7 Å². The SMILES string of the molecule is Cc1ccc(Oc2cc(C)ccc2O)c(C)c1. The molecule has 0 atom stereocenters. The summed E-state index contributed by atoms with van der Waals surface area (Å²) in [4.78, 5) is 0. The molecule has 0 heterocycles. The molecule has 2 nitrogen and oxygen atoms in total. The second-order valence-corrected chi connectivity index (χ2v) is 4.34. The molecule has 2 rings (SSSR count). The molecule has 0 spiro atoms. The predicted octanol–water partition coefficient (Wildman–Crippen LogP) is 4.11. The molecule has 0 bridgehead atoms. The van der Waals surface area contributed by atoms with Crippen LogP contribution in [0.25, 0.3) is 0 Å². The van der Waals surface area contributed by atoms with Gasteiger partial charge in [0.2, 0.25) is 0 Å². The molecular weight excluding hydrogens is 212 g/mol. The van der Waals surface area contributed by atoms with E-state index in [4.69, 9.17) is 4.74 Å². The van der Waals surface area contributed by atoms with Gasteiger partial charge in [-0.05, 0) is 50.1 Å². The molecule has 0 aliphatic heterocycles. The van der Waals surface area contributed by atoms with Gasteiger partial charge in [0.05, 0.1) is 0 Å². The average Bonchev–Trinajstić information content (AvgIpc) is 2.27. The molecule has 0 radical (unpaired) electrons. The Labute approximate surface area is 101 Å². The molecule has 0 aliphatic rings. The summed E-state index contributed by atoms with van der Waals surface area (Å²) in [5.74, 6) is 1.43. The van der Waals surface area contributed by atoms with E-state index < -0.39 is 0 Å². The van der Waals surface area contributed by atoms with Gasteiger partial charge < -0.3 is 9.84 Å². The van der Waals surface area contributed by atoms with E-state index in [-0.39, 0.29) is 5.75 Å². The molecule has 0 aliphatic carbocycles. The lowest BCUT2D eigenvalue weighted by atomic mass is 10.1. The van der Waals surface area contributed by atoms with Crippen molar-refractivity contribution < 1.29 is 9.84 Å². The van der Waals surface area contributed by atoms with Gasteiger partial charge >= 0.3 is 0 Å². The minimum atomic E-state index is 0.163. The number of phenols is 1. The molecule has 17 heavy (non-hydrogen) atoms. The first-order valence-electron chi connectivity index (χ1n) is 5.61.